The second-order valence-electron chi connectivity index (χ2n) is 2.61. The first kappa shape index (κ1) is 11.5. The highest BCUT2D eigenvalue weighted by Gasteiger charge is 2.17. The minimum atomic E-state index is -0.482. The lowest BCUT2D eigenvalue weighted by Crippen LogP contribution is -2.04. The molecule has 0 unspecified atom stereocenters. The van der Waals surface area contributed by atoms with E-state index in [1.165, 1.54) is 26.4 Å². The fraction of sp³-hybridized carbons (Fsp3) is 0.200. The average Bonchev–Trinajstić information content (AvgIpc) is 2.27. The summed E-state index contributed by atoms with van der Waals surface area (Å²) in [6, 6.07) is 4.99. The first-order chi connectivity index (χ1) is 7.15. The van der Waals surface area contributed by atoms with Crippen molar-refractivity contribution >= 4 is 21.9 Å². The lowest BCUT2D eigenvalue weighted by molar-refractivity contribution is 0.0599. The van der Waals surface area contributed by atoms with Gasteiger partial charge in [-0.15, -0.1) is 0 Å². The van der Waals surface area contributed by atoms with Gasteiger partial charge in [-0.05, 0) is 28.1 Å². The Morgan fingerprint density at radius 1 is 1.47 bits per heavy atom. The summed E-state index contributed by atoms with van der Waals surface area (Å²) in [5.41, 5.74) is 0.686. The van der Waals surface area contributed by atoms with Crippen LogP contribution >= 0.6 is 15.9 Å². The molecule has 5 heteroatoms. The van der Waals surface area contributed by atoms with Crippen LogP contribution in [-0.2, 0) is 4.74 Å². The van der Waals surface area contributed by atoms with E-state index in [-0.39, 0.29) is 0 Å². The van der Waals surface area contributed by atoms with E-state index in [0.29, 0.717) is 21.3 Å². The van der Waals surface area contributed by atoms with Crippen LogP contribution < -0.4 is 4.74 Å². The van der Waals surface area contributed by atoms with Crippen LogP contribution in [0.1, 0.15) is 15.9 Å². The summed E-state index contributed by atoms with van der Waals surface area (Å²) in [6.07, 6.45) is 0. The van der Waals surface area contributed by atoms with Crippen molar-refractivity contribution < 1.29 is 14.3 Å². The number of nitriles is 1. The monoisotopic (exact) mass is 269 g/mol. The summed E-state index contributed by atoms with van der Waals surface area (Å²) in [7, 11) is 2.72. The SMILES string of the molecule is COC(=O)c1ccc(C#N)c(OC)c1Br. The quantitative estimate of drug-likeness (QED) is 0.772. The van der Waals surface area contributed by atoms with Crippen molar-refractivity contribution in [1.82, 2.24) is 0 Å². The van der Waals surface area contributed by atoms with Gasteiger partial charge in [0.05, 0.1) is 29.8 Å². The minimum absolute atomic E-state index is 0.327. The van der Waals surface area contributed by atoms with E-state index in [1.54, 1.807) is 0 Å². The summed E-state index contributed by atoms with van der Waals surface area (Å²) >= 11 is 3.20. The van der Waals surface area contributed by atoms with Crippen molar-refractivity contribution in [3.05, 3.63) is 27.7 Å². The van der Waals surface area contributed by atoms with Crippen LogP contribution in [0.3, 0.4) is 0 Å². The third-order valence-corrected chi connectivity index (χ3v) is 2.61. The Morgan fingerprint density at radius 2 is 2.13 bits per heavy atom. The molecule has 0 aliphatic carbocycles. The fourth-order valence-corrected chi connectivity index (χ4v) is 1.78. The Balaban J connectivity index is 3.37. The van der Waals surface area contributed by atoms with Crippen LogP contribution in [0, 0.1) is 11.3 Å². The zero-order valence-electron chi connectivity index (χ0n) is 8.20. The van der Waals surface area contributed by atoms with Crippen LogP contribution in [0.5, 0.6) is 5.75 Å². The molecule has 0 radical (unpaired) electrons. The molecule has 0 aliphatic heterocycles. The number of halogens is 1. The van der Waals surface area contributed by atoms with E-state index >= 15 is 0 Å². The Labute approximate surface area is 95.5 Å². The number of hydrogen-bond acceptors (Lipinski definition) is 4. The third kappa shape index (κ3) is 2.10. The summed E-state index contributed by atoms with van der Waals surface area (Å²) in [4.78, 5) is 11.3. The molecule has 1 aromatic rings. The number of rotatable bonds is 2. The standard InChI is InChI=1S/C10H8BrNO3/c1-14-9-6(5-12)3-4-7(8(9)11)10(13)15-2/h3-4H,1-2H3. The Bertz CT molecular complexity index is 437. The fourth-order valence-electron chi connectivity index (χ4n) is 1.11. The van der Waals surface area contributed by atoms with Gasteiger partial charge in [-0.3, -0.25) is 0 Å². The van der Waals surface area contributed by atoms with Gasteiger partial charge >= 0.3 is 5.97 Å². The van der Waals surface area contributed by atoms with Gasteiger partial charge in [-0.25, -0.2) is 4.79 Å². The Morgan fingerprint density at radius 3 is 2.60 bits per heavy atom. The zero-order chi connectivity index (χ0) is 11.4. The number of benzene rings is 1. The molecule has 0 amide bonds. The van der Waals surface area contributed by atoms with Gasteiger partial charge in [-0.1, -0.05) is 0 Å². The van der Waals surface area contributed by atoms with Gasteiger partial charge in [0.2, 0.25) is 0 Å². The minimum Gasteiger partial charge on any atom is -0.494 e. The van der Waals surface area contributed by atoms with Crippen LogP contribution in [-0.4, -0.2) is 20.2 Å². The summed E-state index contributed by atoms with van der Waals surface area (Å²) in [5, 5.41) is 8.79. The Kier molecular flexibility index (Phi) is 3.69. The van der Waals surface area contributed by atoms with Crippen molar-refractivity contribution in [1.29, 1.82) is 5.26 Å². The second-order valence-corrected chi connectivity index (χ2v) is 3.40. The van der Waals surface area contributed by atoms with Crippen molar-refractivity contribution in [2.75, 3.05) is 14.2 Å². The second kappa shape index (κ2) is 4.80. The third-order valence-electron chi connectivity index (χ3n) is 1.83. The molecule has 1 rings (SSSR count). The molecule has 0 saturated heterocycles. The molecule has 78 valence electrons. The van der Waals surface area contributed by atoms with Gasteiger partial charge in [0.1, 0.15) is 6.07 Å². The van der Waals surface area contributed by atoms with Crippen molar-refractivity contribution in [3.8, 4) is 11.8 Å². The maximum Gasteiger partial charge on any atom is 0.339 e. The van der Waals surface area contributed by atoms with Crippen LogP contribution in [0.4, 0.5) is 0 Å². The number of nitrogens with zero attached hydrogens (tertiary/aromatic N) is 1. The lowest BCUT2D eigenvalue weighted by Gasteiger charge is -2.08. The molecular formula is C10H8BrNO3. The van der Waals surface area contributed by atoms with Crippen molar-refractivity contribution in [3.63, 3.8) is 0 Å². The first-order valence-electron chi connectivity index (χ1n) is 4.00. The van der Waals surface area contributed by atoms with E-state index in [4.69, 9.17) is 10.00 Å². The highest BCUT2D eigenvalue weighted by molar-refractivity contribution is 9.10. The first-order valence-corrected chi connectivity index (χ1v) is 4.80. The van der Waals surface area contributed by atoms with Crippen molar-refractivity contribution in [2.45, 2.75) is 0 Å². The molecule has 1 aromatic carbocycles. The molecule has 0 atom stereocenters. The van der Waals surface area contributed by atoms with Gasteiger partial charge < -0.3 is 9.47 Å². The van der Waals surface area contributed by atoms with Crippen LogP contribution in [0.25, 0.3) is 0 Å². The summed E-state index contributed by atoms with van der Waals surface area (Å²) in [6.45, 7) is 0. The number of ether oxygens (including phenoxy) is 2. The summed E-state index contributed by atoms with van der Waals surface area (Å²) in [5.74, 6) is -0.148. The number of hydrogen-bond donors (Lipinski definition) is 0. The maximum absolute atomic E-state index is 11.3. The molecular weight excluding hydrogens is 262 g/mol. The molecule has 0 bridgehead atoms. The largest absolute Gasteiger partial charge is 0.494 e. The van der Waals surface area contributed by atoms with Crippen LogP contribution in [0.15, 0.2) is 16.6 Å². The van der Waals surface area contributed by atoms with Gasteiger partial charge in [-0.2, -0.15) is 5.26 Å². The normalized spacial score (nSPS) is 9.20. The van der Waals surface area contributed by atoms with E-state index in [2.05, 4.69) is 20.7 Å². The average molecular weight is 270 g/mol. The van der Waals surface area contributed by atoms with Gasteiger partial charge in [0.25, 0.3) is 0 Å². The van der Waals surface area contributed by atoms with E-state index in [1.807, 2.05) is 6.07 Å². The zero-order valence-corrected chi connectivity index (χ0v) is 9.79. The molecule has 4 nitrogen and oxygen atoms in total. The van der Waals surface area contributed by atoms with E-state index < -0.39 is 5.97 Å². The van der Waals surface area contributed by atoms with E-state index in [9.17, 15) is 4.79 Å². The smallest absolute Gasteiger partial charge is 0.339 e. The maximum atomic E-state index is 11.3. The number of carbonyl (C=O) groups excluding carboxylic acids is 1. The van der Waals surface area contributed by atoms with Gasteiger partial charge in [0.15, 0.2) is 5.75 Å². The predicted molar refractivity (Wildman–Crippen MR) is 56.7 cm³/mol. The molecule has 0 aliphatic rings. The molecule has 0 heterocycles. The molecule has 15 heavy (non-hydrogen) atoms. The highest BCUT2D eigenvalue weighted by Crippen LogP contribution is 2.32. The Hall–Kier alpha value is -1.54. The highest BCUT2D eigenvalue weighted by atomic mass is 79.9. The molecule has 0 spiro atoms. The topological polar surface area (TPSA) is 59.3 Å². The molecule has 0 saturated carbocycles. The predicted octanol–water partition coefficient (Wildman–Crippen LogP) is 2.12. The van der Waals surface area contributed by atoms with Gasteiger partial charge in [0, 0.05) is 0 Å². The number of esters is 1. The summed E-state index contributed by atoms with van der Waals surface area (Å²) < 4.78 is 10.0. The van der Waals surface area contributed by atoms with Crippen molar-refractivity contribution in [2.24, 2.45) is 0 Å². The molecule has 0 aromatic heterocycles. The lowest BCUT2D eigenvalue weighted by atomic mass is 10.1. The van der Waals surface area contributed by atoms with E-state index in [0.717, 1.165) is 0 Å². The number of methoxy groups -OCH3 is 2. The molecule has 0 fully saturated rings. The van der Waals surface area contributed by atoms with Crippen LogP contribution in [0.2, 0.25) is 0 Å². The molecule has 0 N–H and O–H groups in total. The number of carbonyl (C=O) groups is 1.